The maximum absolute atomic E-state index is 3.90. The largest absolute Gasteiger partial charge is 0.271 e. The molecule has 70 valence electrons. The lowest BCUT2D eigenvalue weighted by Crippen LogP contribution is -2.26. The predicted octanol–water partition coefficient (Wildman–Crippen LogP) is 2.87. The normalized spacial score (nSPS) is 12.7. The van der Waals surface area contributed by atoms with Crippen LogP contribution >= 0.6 is 0 Å². The van der Waals surface area contributed by atoms with Gasteiger partial charge in [0, 0.05) is 12.9 Å². The third-order valence-corrected chi connectivity index (χ3v) is 1.94. The third-order valence-electron chi connectivity index (χ3n) is 1.94. The Morgan fingerprint density at radius 3 is 2.33 bits per heavy atom. The van der Waals surface area contributed by atoms with Crippen molar-refractivity contribution in [1.29, 1.82) is 0 Å². The molecule has 0 amide bonds. The monoisotopic (exact) mass is 168 g/mol. The zero-order valence-corrected chi connectivity index (χ0v) is 8.45. The number of hydrogen-bond acceptors (Lipinski definition) is 2. The molecule has 0 bridgehead atoms. The lowest BCUT2D eigenvalue weighted by atomic mass is 10.0. The Labute approximate surface area is 76.0 Å². The zero-order valence-electron chi connectivity index (χ0n) is 8.45. The van der Waals surface area contributed by atoms with Crippen LogP contribution in [-0.2, 0) is 0 Å². The SMILES string of the molecule is C=CN(N=C)C(CC)CC(C)C. The van der Waals surface area contributed by atoms with Gasteiger partial charge in [-0.1, -0.05) is 27.4 Å². The molecule has 0 aliphatic carbocycles. The van der Waals surface area contributed by atoms with Crippen molar-refractivity contribution in [3.8, 4) is 0 Å². The van der Waals surface area contributed by atoms with Gasteiger partial charge in [0.25, 0.3) is 0 Å². The van der Waals surface area contributed by atoms with Crippen LogP contribution < -0.4 is 0 Å². The molecule has 0 rings (SSSR count). The lowest BCUT2D eigenvalue weighted by Gasteiger charge is -2.25. The van der Waals surface area contributed by atoms with E-state index < -0.39 is 0 Å². The quantitative estimate of drug-likeness (QED) is 0.440. The average molecular weight is 168 g/mol. The molecular formula is C10H20N2. The van der Waals surface area contributed by atoms with Crippen LogP contribution in [0.4, 0.5) is 0 Å². The Balaban J connectivity index is 4.10. The summed E-state index contributed by atoms with van der Waals surface area (Å²) >= 11 is 0. The summed E-state index contributed by atoms with van der Waals surface area (Å²) in [4.78, 5) is 0. The highest BCUT2D eigenvalue weighted by Gasteiger charge is 2.12. The Bertz CT molecular complexity index is 133. The summed E-state index contributed by atoms with van der Waals surface area (Å²) in [7, 11) is 0. The molecule has 0 saturated carbocycles. The maximum atomic E-state index is 3.90. The van der Waals surface area contributed by atoms with Crippen LogP contribution in [0.15, 0.2) is 17.9 Å². The van der Waals surface area contributed by atoms with Crippen LogP contribution in [0.2, 0.25) is 0 Å². The van der Waals surface area contributed by atoms with Gasteiger partial charge in [0.1, 0.15) is 0 Å². The second kappa shape index (κ2) is 5.81. The van der Waals surface area contributed by atoms with Crippen LogP contribution in [0.25, 0.3) is 0 Å². The van der Waals surface area contributed by atoms with E-state index in [0.29, 0.717) is 12.0 Å². The van der Waals surface area contributed by atoms with Crippen molar-refractivity contribution >= 4 is 6.72 Å². The van der Waals surface area contributed by atoms with Crippen molar-refractivity contribution in [3.63, 3.8) is 0 Å². The van der Waals surface area contributed by atoms with Crippen molar-refractivity contribution < 1.29 is 0 Å². The van der Waals surface area contributed by atoms with E-state index in [1.54, 1.807) is 6.20 Å². The second-order valence-corrected chi connectivity index (χ2v) is 3.40. The molecule has 0 aliphatic heterocycles. The molecule has 0 fully saturated rings. The maximum Gasteiger partial charge on any atom is 0.0518 e. The predicted molar refractivity (Wildman–Crippen MR) is 55.1 cm³/mol. The molecular weight excluding hydrogens is 148 g/mol. The highest BCUT2D eigenvalue weighted by Crippen LogP contribution is 2.14. The van der Waals surface area contributed by atoms with Gasteiger partial charge in [0.2, 0.25) is 0 Å². The molecule has 2 nitrogen and oxygen atoms in total. The first-order valence-corrected chi connectivity index (χ1v) is 4.53. The number of hydrazone groups is 1. The summed E-state index contributed by atoms with van der Waals surface area (Å²) in [6, 6.07) is 0.458. The van der Waals surface area contributed by atoms with Crippen molar-refractivity contribution in [2.45, 2.75) is 39.7 Å². The Kier molecular flexibility index (Phi) is 5.43. The third kappa shape index (κ3) is 3.56. The highest BCUT2D eigenvalue weighted by atomic mass is 15.4. The van der Waals surface area contributed by atoms with E-state index in [1.807, 2.05) is 5.01 Å². The van der Waals surface area contributed by atoms with Gasteiger partial charge in [-0.15, -0.1) is 0 Å². The highest BCUT2D eigenvalue weighted by molar-refractivity contribution is 5.22. The smallest absolute Gasteiger partial charge is 0.0518 e. The van der Waals surface area contributed by atoms with Crippen molar-refractivity contribution in [1.82, 2.24) is 5.01 Å². The molecule has 1 unspecified atom stereocenters. The summed E-state index contributed by atoms with van der Waals surface area (Å²) in [6.07, 6.45) is 3.97. The Morgan fingerprint density at radius 1 is 1.50 bits per heavy atom. The molecule has 0 aromatic carbocycles. The minimum Gasteiger partial charge on any atom is -0.271 e. The average Bonchev–Trinajstić information content (AvgIpc) is 2.04. The summed E-state index contributed by atoms with van der Waals surface area (Å²) in [5.41, 5.74) is 0. The molecule has 0 N–H and O–H groups in total. The summed E-state index contributed by atoms with van der Waals surface area (Å²) < 4.78 is 0. The number of hydrogen-bond donors (Lipinski definition) is 0. The fourth-order valence-electron chi connectivity index (χ4n) is 1.33. The van der Waals surface area contributed by atoms with Gasteiger partial charge in [-0.05, 0) is 18.8 Å². The summed E-state index contributed by atoms with van der Waals surface area (Å²) in [6.45, 7) is 13.8. The molecule has 0 saturated heterocycles. The summed E-state index contributed by atoms with van der Waals surface area (Å²) in [5.74, 6) is 0.694. The van der Waals surface area contributed by atoms with Gasteiger partial charge in [-0.3, -0.25) is 5.01 Å². The van der Waals surface area contributed by atoms with Crippen LogP contribution in [-0.4, -0.2) is 17.8 Å². The van der Waals surface area contributed by atoms with Crippen molar-refractivity contribution in [2.75, 3.05) is 0 Å². The fourth-order valence-corrected chi connectivity index (χ4v) is 1.33. The molecule has 0 aliphatic rings. The van der Waals surface area contributed by atoms with Crippen LogP contribution in [0, 0.1) is 5.92 Å². The first-order valence-electron chi connectivity index (χ1n) is 4.53. The second-order valence-electron chi connectivity index (χ2n) is 3.40. The van der Waals surface area contributed by atoms with Crippen LogP contribution in [0.1, 0.15) is 33.6 Å². The molecule has 0 spiro atoms. The van der Waals surface area contributed by atoms with Gasteiger partial charge in [0.05, 0.1) is 6.04 Å². The number of rotatable bonds is 6. The van der Waals surface area contributed by atoms with Gasteiger partial charge in [-0.25, -0.2) is 0 Å². The van der Waals surface area contributed by atoms with E-state index in [9.17, 15) is 0 Å². The van der Waals surface area contributed by atoms with Gasteiger partial charge >= 0.3 is 0 Å². The standard InChI is InChI=1S/C10H20N2/c1-6-10(8-9(3)4)12(7-2)11-5/h7,9-10H,2,5-6,8H2,1,3-4H3. The topological polar surface area (TPSA) is 15.6 Å². The van der Waals surface area contributed by atoms with E-state index in [4.69, 9.17) is 0 Å². The van der Waals surface area contributed by atoms with Gasteiger partial charge in [0.15, 0.2) is 0 Å². The van der Waals surface area contributed by atoms with E-state index >= 15 is 0 Å². The molecule has 0 aromatic rings. The molecule has 0 radical (unpaired) electrons. The van der Waals surface area contributed by atoms with E-state index in [0.717, 1.165) is 12.8 Å². The fraction of sp³-hybridized carbons (Fsp3) is 0.700. The minimum atomic E-state index is 0.458. The molecule has 2 heteroatoms. The minimum absolute atomic E-state index is 0.458. The lowest BCUT2D eigenvalue weighted by molar-refractivity contribution is 0.246. The molecule has 0 heterocycles. The molecule has 0 aromatic heterocycles. The first-order chi connectivity index (χ1) is 5.65. The first kappa shape index (κ1) is 11.2. The number of nitrogens with zero attached hydrogens (tertiary/aromatic N) is 2. The van der Waals surface area contributed by atoms with E-state index in [-0.39, 0.29) is 0 Å². The van der Waals surface area contributed by atoms with Crippen molar-refractivity contribution in [3.05, 3.63) is 12.8 Å². The van der Waals surface area contributed by atoms with E-state index in [2.05, 4.69) is 39.2 Å². The molecule has 12 heavy (non-hydrogen) atoms. The van der Waals surface area contributed by atoms with Crippen LogP contribution in [0.3, 0.4) is 0 Å². The van der Waals surface area contributed by atoms with Crippen LogP contribution in [0.5, 0.6) is 0 Å². The Hall–Kier alpha value is -0.790. The van der Waals surface area contributed by atoms with Crippen molar-refractivity contribution in [2.24, 2.45) is 11.0 Å². The zero-order chi connectivity index (χ0) is 9.56. The summed E-state index contributed by atoms with van der Waals surface area (Å²) in [5, 5.41) is 5.74. The van der Waals surface area contributed by atoms with E-state index in [1.165, 1.54) is 0 Å². The van der Waals surface area contributed by atoms with Gasteiger partial charge < -0.3 is 0 Å². The van der Waals surface area contributed by atoms with Gasteiger partial charge in [-0.2, -0.15) is 5.10 Å². The molecule has 1 atom stereocenters. The Morgan fingerprint density at radius 2 is 2.08 bits per heavy atom.